The van der Waals surface area contributed by atoms with Crippen LogP contribution in [0.1, 0.15) is 5.56 Å². The van der Waals surface area contributed by atoms with E-state index in [0.717, 1.165) is 19.9 Å². The average Bonchev–Trinajstić information content (AvgIpc) is 2.22. The Hall–Kier alpha value is -1.10. The summed E-state index contributed by atoms with van der Waals surface area (Å²) in [5, 5.41) is 11.0. The van der Waals surface area contributed by atoms with Gasteiger partial charge in [0.25, 0.3) is 0 Å². The average molecular weight is 312 g/mol. The molecule has 0 aromatic heterocycles. The Kier molecular flexibility index (Phi) is 2.90. The molecule has 2 aromatic rings. The molecule has 1 N–H and O–H groups in total. The molecule has 76 valence electrons. The lowest BCUT2D eigenvalue weighted by Crippen LogP contribution is -2.02. The van der Waals surface area contributed by atoms with E-state index in [9.17, 15) is 4.79 Å². The number of hydrogen-bond acceptors (Lipinski definition) is 1. The summed E-state index contributed by atoms with van der Waals surface area (Å²) in [5.41, 5.74) is 0.904. The molecule has 2 aromatic carbocycles. The van der Waals surface area contributed by atoms with Crippen molar-refractivity contribution in [3.63, 3.8) is 0 Å². The Bertz CT molecular complexity index is 520. The van der Waals surface area contributed by atoms with Crippen LogP contribution in [0.5, 0.6) is 0 Å². The van der Waals surface area contributed by atoms with Gasteiger partial charge in [0.1, 0.15) is 0 Å². The number of halogens is 1. The minimum absolute atomic E-state index is 0.0830. The zero-order valence-corrected chi connectivity index (χ0v) is 10.1. The third-order valence-corrected chi connectivity index (χ3v) is 3.32. The van der Waals surface area contributed by atoms with E-state index in [1.807, 2.05) is 36.4 Å². The summed E-state index contributed by atoms with van der Waals surface area (Å²) in [7, 11) is 0. The molecule has 2 nitrogen and oxygen atoms in total. The maximum Gasteiger partial charge on any atom is 0.307 e. The molecule has 2 rings (SSSR count). The Balaban J connectivity index is 2.68. The lowest BCUT2D eigenvalue weighted by molar-refractivity contribution is -0.136. The van der Waals surface area contributed by atoms with Gasteiger partial charge in [0.05, 0.1) is 6.42 Å². The van der Waals surface area contributed by atoms with Crippen LogP contribution in [0.4, 0.5) is 0 Å². The quantitative estimate of drug-likeness (QED) is 0.865. The van der Waals surface area contributed by atoms with Gasteiger partial charge in [0, 0.05) is 3.57 Å². The molecule has 0 spiro atoms. The van der Waals surface area contributed by atoms with Crippen LogP contribution in [0.15, 0.2) is 36.4 Å². The normalized spacial score (nSPS) is 10.5. The molecule has 0 bridgehead atoms. The van der Waals surface area contributed by atoms with E-state index in [1.54, 1.807) is 0 Å². The monoisotopic (exact) mass is 312 g/mol. The molecule has 0 aliphatic heterocycles. The summed E-state index contributed by atoms with van der Waals surface area (Å²) in [4.78, 5) is 10.8. The van der Waals surface area contributed by atoms with Crippen LogP contribution >= 0.6 is 22.6 Å². The predicted molar refractivity (Wildman–Crippen MR) is 68.0 cm³/mol. The molecule has 0 atom stereocenters. The molecular formula is C12H9IO2. The highest BCUT2D eigenvalue weighted by molar-refractivity contribution is 14.1. The van der Waals surface area contributed by atoms with Crippen LogP contribution in [0.3, 0.4) is 0 Å². The van der Waals surface area contributed by atoms with Gasteiger partial charge in [-0.05, 0) is 45.0 Å². The van der Waals surface area contributed by atoms with Gasteiger partial charge >= 0.3 is 5.97 Å². The molecule has 3 heteroatoms. The summed E-state index contributed by atoms with van der Waals surface area (Å²) in [6.07, 6.45) is 0.0830. The van der Waals surface area contributed by atoms with Gasteiger partial charge in [0.2, 0.25) is 0 Å². The van der Waals surface area contributed by atoms with E-state index in [0.29, 0.717) is 0 Å². The van der Waals surface area contributed by atoms with E-state index >= 15 is 0 Å². The van der Waals surface area contributed by atoms with Crippen LogP contribution in [0.2, 0.25) is 0 Å². The number of benzene rings is 2. The maximum atomic E-state index is 10.8. The third-order valence-electron chi connectivity index (χ3n) is 2.31. The third kappa shape index (κ3) is 2.12. The van der Waals surface area contributed by atoms with Crippen LogP contribution in [-0.4, -0.2) is 11.1 Å². The van der Waals surface area contributed by atoms with Crippen molar-refractivity contribution < 1.29 is 9.90 Å². The van der Waals surface area contributed by atoms with Crippen molar-refractivity contribution in [3.05, 3.63) is 45.5 Å². The Morgan fingerprint density at radius 2 is 1.93 bits per heavy atom. The van der Waals surface area contributed by atoms with Crippen molar-refractivity contribution >= 4 is 39.3 Å². The van der Waals surface area contributed by atoms with Crippen molar-refractivity contribution in [3.8, 4) is 0 Å². The van der Waals surface area contributed by atoms with Crippen LogP contribution < -0.4 is 0 Å². The number of carboxylic acids is 1. The zero-order valence-electron chi connectivity index (χ0n) is 7.90. The molecular weight excluding hydrogens is 303 g/mol. The molecule has 0 heterocycles. The van der Waals surface area contributed by atoms with Gasteiger partial charge in [-0.25, -0.2) is 0 Å². The van der Waals surface area contributed by atoms with E-state index in [4.69, 9.17) is 5.11 Å². The fourth-order valence-corrected chi connectivity index (χ4v) is 2.30. The Labute approximate surface area is 101 Å². The minimum atomic E-state index is -0.788. The minimum Gasteiger partial charge on any atom is -0.481 e. The fraction of sp³-hybridized carbons (Fsp3) is 0.0833. The van der Waals surface area contributed by atoms with Gasteiger partial charge in [-0.3, -0.25) is 4.79 Å². The first-order chi connectivity index (χ1) is 7.18. The lowest BCUT2D eigenvalue weighted by Gasteiger charge is -2.06. The lowest BCUT2D eigenvalue weighted by atomic mass is 10.0. The van der Waals surface area contributed by atoms with Crippen LogP contribution in [-0.2, 0) is 11.2 Å². The predicted octanol–water partition coefficient (Wildman–Crippen LogP) is 3.07. The summed E-state index contributed by atoms with van der Waals surface area (Å²) in [6, 6.07) is 11.8. The number of fused-ring (bicyclic) bond motifs is 1. The molecule has 0 aliphatic carbocycles. The Morgan fingerprint density at radius 1 is 1.20 bits per heavy atom. The molecule has 0 aliphatic rings. The fourth-order valence-electron chi connectivity index (χ4n) is 1.64. The largest absolute Gasteiger partial charge is 0.481 e. The van der Waals surface area contributed by atoms with Crippen molar-refractivity contribution in [2.24, 2.45) is 0 Å². The zero-order chi connectivity index (χ0) is 10.8. The number of aliphatic carboxylic acids is 1. The number of carboxylic acid groups (broad SMARTS) is 1. The van der Waals surface area contributed by atoms with Crippen molar-refractivity contribution in [2.45, 2.75) is 6.42 Å². The second-order valence-corrected chi connectivity index (χ2v) is 4.48. The summed E-state index contributed by atoms with van der Waals surface area (Å²) in [5.74, 6) is -0.788. The van der Waals surface area contributed by atoms with E-state index < -0.39 is 5.97 Å². The molecule has 0 amide bonds. The molecule has 0 saturated heterocycles. The van der Waals surface area contributed by atoms with E-state index in [1.165, 1.54) is 0 Å². The number of rotatable bonds is 2. The number of carbonyl (C=O) groups is 1. The number of hydrogen-bond donors (Lipinski definition) is 1. The smallest absolute Gasteiger partial charge is 0.307 e. The van der Waals surface area contributed by atoms with Crippen molar-refractivity contribution in [1.29, 1.82) is 0 Å². The van der Waals surface area contributed by atoms with E-state index in [-0.39, 0.29) is 6.42 Å². The second kappa shape index (κ2) is 4.18. The topological polar surface area (TPSA) is 37.3 Å². The molecule has 0 saturated carbocycles. The van der Waals surface area contributed by atoms with Gasteiger partial charge in [0.15, 0.2) is 0 Å². The van der Waals surface area contributed by atoms with Crippen molar-refractivity contribution in [2.75, 3.05) is 0 Å². The molecule has 0 fully saturated rings. The summed E-state index contributed by atoms with van der Waals surface area (Å²) in [6.45, 7) is 0. The highest BCUT2D eigenvalue weighted by atomic mass is 127. The molecule has 0 unspecified atom stereocenters. The first kappa shape index (κ1) is 10.4. The van der Waals surface area contributed by atoms with Crippen LogP contribution in [0.25, 0.3) is 10.8 Å². The second-order valence-electron chi connectivity index (χ2n) is 3.32. The van der Waals surface area contributed by atoms with E-state index in [2.05, 4.69) is 22.6 Å². The first-order valence-corrected chi connectivity index (χ1v) is 5.64. The summed E-state index contributed by atoms with van der Waals surface area (Å²) >= 11 is 2.18. The highest BCUT2D eigenvalue weighted by Crippen LogP contribution is 2.24. The first-order valence-electron chi connectivity index (χ1n) is 4.56. The van der Waals surface area contributed by atoms with Gasteiger partial charge in [-0.1, -0.05) is 30.3 Å². The van der Waals surface area contributed by atoms with Gasteiger partial charge in [-0.2, -0.15) is 0 Å². The van der Waals surface area contributed by atoms with Gasteiger partial charge in [-0.15, -0.1) is 0 Å². The molecule has 0 radical (unpaired) electrons. The van der Waals surface area contributed by atoms with Crippen molar-refractivity contribution in [1.82, 2.24) is 0 Å². The van der Waals surface area contributed by atoms with Crippen LogP contribution in [0, 0.1) is 3.57 Å². The van der Waals surface area contributed by atoms with Gasteiger partial charge < -0.3 is 5.11 Å². The molecule has 15 heavy (non-hydrogen) atoms. The SMILES string of the molecule is O=C(O)Cc1c(I)ccc2ccccc12. The maximum absolute atomic E-state index is 10.8. The summed E-state index contributed by atoms with van der Waals surface area (Å²) < 4.78 is 1.01. The highest BCUT2D eigenvalue weighted by Gasteiger charge is 2.08. The standard InChI is InChI=1S/C12H9IO2/c13-11-6-5-8-3-1-2-4-9(8)10(11)7-12(14)15/h1-6H,7H2,(H,14,15). The Morgan fingerprint density at radius 3 is 2.67 bits per heavy atom.